The van der Waals surface area contributed by atoms with E-state index in [9.17, 15) is 18.0 Å². The number of rotatable bonds is 5. The van der Waals surface area contributed by atoms with Gasteiger partial charge in [0.2, 0.25) is 0 Å². The van der Waals surface area contributed by atoms with Crippen LogP contribution < -0.4 is 10.6 Å². The van der Waals surface area contributed by atoms with Crippen LogP contribution in [0.1, 0.15) is 6.42 Å². The van der Waals surface area contributed by atoms with Crippen molar-refractivity contribution in [2.45, 2.75) is 12.6 Å². The third-order valence-corrected chi connectivity index (χ3v) is 1.24. The Morgan fingerprint density at radius 1 is 1.36 bits per heavy atom. The van der Waals surface area contributed by atoms with Crippen molar-refractivity contribution in [1.29, 1.82) is 0 Å². The molecule has 0 radical (unpaired) electrons. The summed E-state index contributed by atoms with van der Waals surface area (Å²) in [5, 5.41) is 5.01. The van der Waals surface area contributed by atoms with Crippen molar-refractivity contribution in [2.75, 3.05) is 26.7 Å². The summed E-state index contributed by atoms with van der Waals surface area (Å²) in [4.78, 5) is 10.6. The molecule has 4 nitrogen and oxygen atoms in total. The molecule has 0 saturated carbocycles. The molecule has 0 aromatic heterocycles. The zero-order chi connectivity index (χ0) is 11.0. The highest BCUT2D eigenvalue weighted by Gasteiger charge is 2.29. The molecule has 0 unspecified atom stereocenters. The van der Waals surface area contributed by atoms with Crippen molar-refractivity contribution in [3.05, 3.63) is 0 Å². The third-order valence-electron chi connectivity index (χ3n) is 1.24. The van der Waals surface area contributed by atoms with Gasteiger partial charge < -0.3 is 15.4 Å². The van der Waals surface area contributed by atoms with Gasteiger partial charge in [0, 0.05) is 6.54 Å². The Kier molecular flexibility index (Phi) is 6.02. The Hall–Kier alpha value is -0.980. The molecule has 14 heavy (non-hydrogen) atoms. The molecule has 0 bridgehead atoms. The molecule has 0 saturated heterocycles. The lowest BCUT2D eigenvalue weighted by atomic mass is 10.4. The van der Waals surface area contributed by atoms with Gasteiger partial charge in [0.15, 0.2) is 6.61 Å². The highest BCUT2D eigenvalue weighted by atomic mass is 19.4. The number of ether oxygens (including phenoxy) is 1. The molecule has 1 amide bonds. The maximum Gasteiger partial charge on any atom is 0.422 e. The van der Waals surface area contributed by atoms with E-state index in [2.05, 4.69) is 15.4 Å². The second-order valence-corrected chi connectivity index (χ2v) is 2.58. The van der Waals surface area contributed by atoms with Crippen molar-refractivity contribution in [3.8, 4) is 0 Å². The smallest absolute Gasteiger partial charge is 0.422 e. The summed E-state index contributed by atoms with van der Waals surface area (Å²) in [7, 11) is 1.74. The van der Waals surface area contributed by atoms with Crippen LogP contribution in [0, 0.1) is 0 Å². The van der Waals surface area contributed by atoms with Crippen LogP contribution in [0.2, 0.25) is 0 Å². The topological polar surface area (TPSA) is 50.4 Å². The fourth-order valence-corrected chi connectivity index (χ4v) is 0.654. The molecule has 0 aromatic carbocycles. The molecule has 0 aromatic rings. The van der Waals surface area contributed by atoms with Crippen molar-refractivity contribution in [3.63, 3.8) is 0 Å². The van der Waals surface area contributed by atoms with E-state index in [0.717, 1.165) is 0 Å². The Morgan fingerprint density at radius 2 is 2.00 bits per heavy atom. The zero-order valence-electron chi connectivity index (χ0n) is 7.78. The zero-order valence-corrected chi connectivity index (χ0v) is 7.78. The minimum Gasteiger partial charge on any atom is -0.440 e. The van der Waals surface area contributed by atoms with Crippen LogP contribution in [0.25, 0.3) is 0 Å². The average molecular weight is 214 g/mol. The lowest BCUT2D eigenvalue weighted by Gasteiger charge is -2.08. The number of carbonyl (C=O) groups is 1. The highest BCUT2D eigenvalue weighted by molar-refractivity contribution is 5.67. The summed E-state index contributed by atoms with van der Waals surface area (Å²) in [5.41, 5.74) is 0. The molecule has 2 N–H and O–H groups in total. The predicted molar refractivity (Wildman–Crippen MR) is 43.9 cm³/mol. The van der Waals surface area contributed by atoms with Crippen molar-refractivity contribution >= 4 is 6.09 Å². The number of halogens is 3. The minimum absolute atomic E-state index is 0.289. The number of nitrogens with one attached hydrogen (secondary N) is 2. The van der Waals surface area contributed by atoms with Gasteiger partial charge in [-0.1, -0.05) is 0 Å². The Bertz CT molecular complexity index is 173. The number of alkyl halides is 3. The van der Waals surface area contributed by atoms with E-state index in [1.165, 1.54) is 0 Å². The van der Waals surface area contributed by atoms with Crippen molar-refractivity contribution in [2.24, 2.45) is 0 Å². The lowest BCUT2D eigenvalue weighted by Crippen LogP contribution is -2.30. The molecule has 0 aliphatic rings. The number of alkyl carbamates (subject to hydrolysis) is 1. The van der Waals surface area contributed by atoms with E-state index in [-0.39, 0.29) is 6.54 Å². The first-order chi connectivity index (χ1) is 6.45. The van der Waals surface area contributed by atoms with Crippen LogP contribution in [0.15, 0.2) is 0 Å². The third kappa shape index (κ3) is 9.11. The first-order valence-electron chi connectivity index (χ1n) is 4.07. The van der Waals surface area contributed by atoms with Crippen LogP contribution in [0.5, 0.6) is 0 Å². The largest absolute Gasteiger partial charge is 0.440 e. The predicted octanol–water partition coefficient (Wildman–Crippen LogP) is 0.884. The standard InChI is InChI=1S/C7H13F3N2O2/c1-11-3-2-4-12-6(13)14-5-7(8,9)10/h11H,2-5H2,1H3,(H,12,13). The lowest BCUT2D eigenvalue weighted by molar-refractivity contribution is -0.160. The van der Waals surface area contributed by atoms with Crippen LogP contribution in [-0.2, 0) is 4.74 Å². The van der Waals surface area contributed by atoms with Crippen molar-refractivity contribution < 1.29 is 22.7 Å². The fourth-order valence-electron chi connectivity index (χ4n) is 0.654. The maximum absolute atomic E-state index is 11.5. The molecule has 0 rings (SSSR count). The van der Waals surface area contributed by atoms with Gasteiger partial charge in [0.1, 0.15) is 0 Å². The van der Waals surface area contributed by atoms with E-state index in [0.29, 0.717) is 13.0 Å². The Morgan fingerprint density at radius 3 is 2.50 bits per heavy atom. The number of carbonyl (C=O) groups excluding carboxylic acids is 1. The summed E-state index contributed by atoms with van der Waals surface area (Å²) in [6.45, 7) is -0.581. The van der Waals surface area contributed by atoms with Crippen LogP contribution in [0.3, 0.4) is 0 Å². The molecular formula is C7H13F3N2O2. The highest BCUT2D eigenvalue weighted by Crippen LogP contribution is 2.14. The number of hydrogen-bond acceptors (Lipinski definition) is 3. The van der Waals surface area contributed by atoms with Crippen molar-refractivity contribution in [1.82, 2.24) is 10.6 Å². The summed E-state index contributed by atoms with van der Waals surface area (Å²) in [5.74, 6) is 0. The van der Waals surface area contributed by atoms with Gasteiger partial charge in [-0.3, -0.25) is 0 Å². The molecule has 0 heterocycles. The van der Waals surface area contributed by atoms with Gasteiger partial charge in [-0.25, -0.2) is 4.79 Å². The van der Waals surface area contributed by atoms with E-state index >= 15 is 0 Å². The van der Waals surface area contributed by atoms with Gasteiger partial charge in [-0.15, -0.1) is 0 Å². The Balaban J connectivity index is 3.38. The molecule has 0 aliphatic carbocycles. The first-order valence-corrected chi connectivity index (χ1v) is 4.07. The Labute approximate surface area is 79.8 Å². The van der Waals surface area contributed by atoms with Gasteiger partial charge in [0.05, 0.1) is 0 Å². The summed E-state index contributed by atoms with van der Waals surface area (Å²) in [6.07, 6.45) is -4.88. The van der Waals surface area contributed by atoms with E-state index in [1.807, 2.05) is 0 Å². The average Bonchev–Trinajstić information content (AvgIpc) is 2.08. The molecular weight excluding hydrogens is 201 g/mol. The van der Waals surface area contributed by atoms with Gasteiger partial charge >= 0.3 is 12.3 Å². The monoisotopic (exact) mass is 214 g/mol. The maximum atomic E-state index is 11.5. The molecule has 7 heteroatoms. The second-order valence-electron chi connectivity index (χ2n) is 2.58. The van der Waals surface area contributed by atoms with E-state index in [1.54, 1.807) is 7.05 Å². The van der Waals surface area contributed by atoms with Crippen LogP contribution in [-0.4, -0.2) is 39.0 Å². The molecule has 0 aliphatic heterocycles. The quantitative estimate of drug-likeness (QED) is 0.668. The minimum atomic E-state index is -4.47. The first kappa shape index (κ1) is 13.0. The van der Waals surface area contributed by atoms with E-state index < -0.39 is 18.9 Å². The van der Waals surface area contributed by atoms with E-state index in [4.69, 9.17) is 0 Å². The summed E-state index contributed by atoms with van der Waals surface area (Å²) < 4.78 is 38.5. The van der Waals surface area contributed by atoms with Crippen LogP contribution >= 0.6 is 0 Å². The number of hydrogen-bond donors (Lipinski definition) is 2. The SMILES string of the molecule is CNCCCNC(=O)OCC(F)(F)F. The van der Waals surface area contributed by atoms with Gasteiger partial charge in [-0.2, -0.15) is 13.2 Å². The fraction of sp³-hybridized carbons (Fsp3) is 0.857. The van der Waals surface area contributed by atoms with Crippen LogP contribution in [0.4, 0.5) is 18.0 Å². The summed E-state index contributed by atoms with van der Waals surface area (Å²) in [6, 6.07) is 0. The van der Waals surface area contributed by atoms with Gasteiger partial charge in [-0.05, 0) is 20.0 Å². The normalized spacial score (nSPS) is 11.1. The molecule has 0 spiro atoms. The number of amides is 1. The summed E-state index contributed by atoms with van der Waals surface area (Å²) >= 11 is 0. The van der Waals surface area contributed by atoms with Gasteiger partial charge in [0.25, 0.3) is 0 Å². The molecule has 84 valence electrons. The molecule has 0 fully saturated rings. The second kappa shape index (κ2) is 6.47. The molecule has 0 atom stereocenters.